The van der Waals surface area contributed by atoms with Crippen LogP contribution in [0.4, 0.5) is 13.2 Å². The van der Waals surface area contributed by atoms with Gasteiger partial charge >= 0.3 is 12.1 Å². The Morgan fingerprint density at radius 3 is 2.29 bits per heavy atom. The lowest BCUT2D eigenvalue weighted by Gasteiger charge is -2.37. The van der Waals surface area contributed by atoms with E-state index in [1.54, 1.807) is 0 Å². The lowest BCUT2D eigenvalue weighted by atomic mass is 9.83. The number of benzene rings is 2. The summed E-state index contributed by atoms with van der Waals surface area (Å²) < 4.78 is 38.2. The molecule has 2 aromatic rings. The van der Waals surface area contributed by atoms with Crippen molar-refractivity contribution in [1.82, 2.24) is 4.90 Å². The third-order valence-corrected chi connectivity index (χ3v) is 5.36. The molecule has 2 aromatic carbocycles. The van der Waals surface area contributed by atoms with Crippen LogP contribution in [0.5, 0.6) is 0 Å². The predicted octanol–water partition coefficient (Wildman–Crippen LogP) is 5.44. The van der Waals surface area contributed by atoms with E-state index >= 15 is 0 Å². The summed E-state index contributed by atoms with van der Waals surface area (Å²) in [6, 6.07) is 12.7. The van der Waals surface area contributed by atoms with Crippen LogP contribution in [0.2, 0.25) is 5.02 Å². The maximum absolute atomic E-state index is 12.7. The first-order valence-electron chi connectivity index (χ1n) is 9.06. The Labute approximate surface area is 166 Å². The molecule has 1 N–H and O–H groups in total. The molecule has 1 aliphatic heterocycles. The predicted molar refractivity (Wildman–Crippen MR) is 101 cm³/mol. The molecule has 0 aromatic heterocycles. The number of carboxylic acids is 1. The van der Waals surface area contributed by atoms with Gasteiger partial charge in [-0.1, -0.05) is 35.9 Å². The molecule has 28 heavy (non-hydrogen) atoms. The van der Waals surface area contributed by atoms with Crippen molar-refractivity contribution in [2.24, 2.45) is 5.92 Å². The van der Waals surface area contributed by atoms with Gasteiger partial charge < -0.3 is 5.11 Å². The summed E-state index contributed by atoms with van der Waals surface area (Å²) in [7, 11) is 0. The maximum atomic E-state index is 12.7. The molecule has 0 aliphatic carbocycles. The molecule has 3 nitrogen and oxygen atoms in total. The average Bonchev–Trinajstić information content (AvgIpc) is 2.61. The Kier molecular flexibility index (Phi) is 6.30. The number of likely N-dealkylation sites (tertiary alicyclic amines) is 1. The first kappa shape index (κ1) is 20.7. The van der Waals surface area contributed by atoms with Crippen molar-refractivity contribution in [3.8, 4) is 0 Å². The zero-order valence-electron chi connectivity index (χ0n) is 15.1. The van der Waals surface area contributed by atoms with Crippen molar-refractivity contribution in [2.45, 2.75) is 31.5 Å². The van der Waals surface area contributed by atoms with Gasteiger partial charge in [-0.15, -0.1) is 0 Å². The van der Waals surface area contributed by atoms with Crippen LogP contribution in [0.25, 0.3) is 0 Å². The summed E-state index contributed by atoms with van der Waals surface area (Å²) in [6.07, 6.45) is -3.51. The molecular weight excluding hydrogens is 391 g/mol. The van der Waals surface area contributed by atoms with Gasteiger partial charge in [0.25, 0.3) is 0 Å². The van der Waals surface area contributed by atoms with E-state index in [-0.39, 0.29) is 18.3 Å². The third-order valence-electron chi connectivity index (χ3n) is 5.10. The number of carboxylic acid groups (broad SMARTS) is 1. The van der Waals surface area contributed by atoms with E-state index in [0.717, 1.165) is 36.2 Å². The molecule has 0 radical (unpaired) electrons. The van der Waals surface area contributed by atoms with Crippen molar-refractivity contribution in [3.63, 3.8) is 0 Å². The van der Waals surface area contributed by atoms with Crippen molar-refractivity contribution in [3.05, 3.63) is 70.2 Å². The van der Waals surface area contributed by atoms with Crippen LogP contribution in [0.3, 0.4) is 0 Å². The number of carbonyl (C=O) groups is 1. The lowest BCUT2D eigenvalue weighted by molar-refractivity contribution is -0.139. The van der Waals surface area contributed by atoms with Crippen LogP contribution >= 0.6 is 11.6 Å². The van der Waals surface area contributed by atoms with E-state index in [0.29, 0.717) is 18.1 Å². The van der Waals surface area contributed by atoms with Gasteiger partial charge in [-0.2, -0.15) is 13.2 Å². The second kappa shape index (κ2) is 8.53. The Morgan fingerprint density at radius 2 is 1.71 bits per heavy atom. The topological polar surface area (TPSA) is 40.5 Å². The largest absolute Gasteiger partial charge is 0.481 e. The van der Waals surface area contributed by atoms with E-state index < -0.39 is 17.7 Å². The molecule has 1 heterocycles. The zero-order valence-corrected chi connectivity index (χ0v) is 15.9. The molecule has 150 valence electrons. The normalized spacial score (nSPS) is 20.9. The van der Waals surface area contributed by atoms with Gasteiger partial charge in [-0.25, -0.2) is 0 Å². The Morgan fingerprint density at radius 1 is 1.07 bits per heavy atom. The highest BCUT2D eigenvalue weighted by Crippen LogP contribution is 2.34. The fraction of sp³-hybridized carbons (Fsp3) is 0.381. The Bertz CT molecular complexity index is 806. The number of rotatable bonds is 5. The van der Waals surface area contributed by atoms with Gasteiger partial charge in [0.1, 0.15) is 0 Å². The van der Waals surface area contributed by atoms with Gasteiger partial charge in [0.15, 0.2) is 0 Å². The molecule has 0 amide bonds. The van der Waals surface area contributed by atoms with Crippen molar-refractivity contribution in [2.75, 3.05) is 13.1 Å². The summed E-state index contributed by atoms with van der Waals surface area (Å²) in [6.45, 7) is 1.81. The minimum absolute atomic E-state index is 0.0126. The molecule has 1 aliphatic rings. The van der Waals surface area contributed by atoms with Crippen molar-refractivity contribution < 1.29 is 23.1 Å². The number of hydrogen-bond acceptors (Lipinski definition) is 2. The van der Waals surface area contributed by atoms with E-state index in [1.165, 1.54) is 12.1 Å². The highest BCUT2D eigenvalue weighted by atomic mass is 35.5. The number of halogens is 4. The average molecular weight is 412 g/mol. The molecule has 1 saturated heterocycles. The van der Waals surface area contributed by atoms with Crippen LogP contribution in [0, 0.1) is 5.92 Å². The number of hydrogen-bond donors (Lipinski definition) is 1. The van der Waals surface area contributed by atoms with Gasteiger partial charge in [0, 0.05) is 31.1 Å². The molecule has 0 spiro atoms. The number of piperidine rings is 1. The third kappa shape index (κ3) is 5.49. The molecule has 7 heteroatoms. The first-order valence-corrected chi connectivity index (χ1v) is 9.44. The summed E-state index contributed by atoms with van der Waals surface area (Å²) in [5, 5.41) is 9.84. The highest BCUT2D eigenvalue weighted by Gasteiger charge is 2.31. The maximum Gasteiger partial charge on any atom is 0.416 e. The molecule has 1 fully saturated rings. The summed E-state index contributed by atoms with van der Waals surface area (Å²) in [5.41, 5.74) is 1.20. The van der Waals surface area contributed by atoms with Crippen molar-refractivity contribution >= 4 is 17.6 Å². The Balaban J connectivity index is 1.74. The van der Waals surface area contributed by atoms with Crippen LogP contribution < -0.4 is 0 Å². The number of aliphatic carboxylic acids is 1. The monoisotopic (exact) mass is 411 g/mol. The molecule has 3 rings (SSSR count). The van der Waals surface area contributed by atoms with Gasteiger partial charge in [-0.05, 0) is 53.6 Å². The summed E-state index contributed by atoms with van der Waals surface area (Å²) in [5.74, 6) is -0.692. The number of nitrogens with zero attached hydrogens (tertiary/aromatic N) is 1. The quantitative estimate of drug-likeness (QED) is 0.712. The summed E-state index contributed by atoms with van der Waals surface area (Å²) in [4.78, 5) is 13.3. The van der Waals surface area contributed by atoms with E-state index in [9.17, 15) is 23.1 Å². The summed E-state index contributed by atoms with van der Waals surface area (Å²) >= 11 is 5.96. The van der Waals surface area contributed by atoms with Crippen LogP contribution in [0.15, 0.2) is 48.5 Å². The van der Waals surface area contributed by atoms with Gasteiger partial charge in [-0.3, -0.25) is 9.69 Å². The fourth-order valence-corrected chi connectivity index (χ4v) is 3.99. The first-order chi connectivity index (χ1) is 13.2. The SMILES string of the molecule is O=C(O)CC1CC(c2ccc(Cl)cc2)CN(Cc2ccc(C(F)(F)F)cc2)C1. The molecule has 0 saturated carbocycles. The van der Waals surface area contributed by atoms with Crippen LogP contribution in [-0.2, 0) is 17.5 Å². The van der Waals surface area contributed by atoms with Gasteiger partial charge in [0.2, 0.25) is 0 Å². The fourth-order valence-electron chi connectivity index (χ4n) is 3.86. The minimum atomic E-state index is -4.35. The molecule has 0 bridgehead atoms. The zero-order chi connectivity index (χ0) is 20.3. The van der Waals surface area contributed by atoms with Gasteiger partial charge in [0.05, 0.1) is 5.56 Å². The smallest absolute Gasteiger partial charge is 0.416 e. The van der Waals surface area contributed by atoms with E-state index in [4.69, 9.17) is 11.6 Å². The lowest BCUT2D eigenvalue weighted by Crippen LogP contribution is -2.39. The van der Waals surface area contributed by atoms with Crippen molar-refractivity contribution in [1.29, 1.82) is 0 Å². The van der Waals surface area contributed by atoms with Crippen LogP contribution in [-0.4, -0.2) is 29.1 Å². The Hall–Kier alpha value is -2.05. The molecular formula is C21H21ClF3NO2. The second-order valence-corrected chi connectivity index (χ2v) is 7.77. The minimum Gasteiger partial charge on any atom is -0.481 e. The van der Waals surface area contributed by atoms with E-state index in [1.807, 2.05) is 24.3 Å². The molecule has 2 unspecified atom stereocenters. The van der Waals surface area contributed by atoms with Crippen LogP contribution in [0.1, 0.15) is 35.4 Å². The van der Waals surface area contributed by atoms with E-state index in [2.05, 4.69) is 4.90 Å². The standard InChI is InChI=1S/C21H21ClF3NO2/c22-19-7-3-16(4-8-19)17-9-15(10-20(27)28)12-26(13-17)11-14-1-5-18(6-2-14)21(23,24)25/h1-8,15,17H,9-13H2,(H,27,28). The highest BCUT2D eigenvalue weighted by molar-refractivity contribution is 6.30. The second-order valence-electron chi connectivity index (χ2n) is 7.34. The number of alkyl halides is 3. The molecule has 2 atom stereocenters.